The maximum atomic E-state index is 13.1. The first-order valence-corrected chi connectivity index (χ1v) is 5.81. The number of aliphatic imine (C=N–C) groups is 1. The van der Waals surface area contributed by atoms with Crippen molar-refractivity contribution in [1.82, 2.24) is 0 Å². The highest BCUT2D eigenvalue weighted by atomic mass is 127. The van der Waals surface area contributed by atoms with Gasteiger partial charge < -0.3 is 16.4 Å². The van der Waals surface area contributed by atoms with E-state index in [0.29, 0.717) is 18.2 Å². The number of benzene rings is 1. The highest BCUT2D eigenvalue weighted by Crippen LogP contribution is 2.25. The molecule has 7 heteroatoms. The summed E-state index contributed by atoms with van der Waals surface area (Å²) in [4.78, 5) is 5.99. The highest BCUT2D eigenvalue weighted by Gasteiger charge is 2.23. The van der Waals surface area contributed by atoms with Crippen LogP contribution in [0.1, 0.15) is 6.42 Å². The van der Waals surface area contributed by atoms with Crippen LogP contribution in [0.2, 0.25) is 0 Å². The van der Waals surface area contributed by atoms with Crippen LogP contribution in [0.4, 0.5) is 14.5 Å². The smallest absolute Gasteiger partial charge is 0.185 e. The standard InChI is InChI=1S/C12H16F2N4.HI/c13-10-2-1-9(5-11(10)14)18-4-3-8(7-18)6-17-12(15)16;/h1-2,5,8H,3-4,6-7H2,(H4,15,16,17);1H. The van der Waals surface area contributed by atoms with Crippen molar-refractivity contribution in [3.8, 4) is 0 Å². The Kier molecular flexibility index (Phi) is 5.77. The van der Waals surface area contributed by atoms with Crippen molar-refractivity contribution < 1.29 is 8.78 Å². The van der Waals surface area contributed by atoms with E-state index >= 15 is 0 Å². The summed E-state index contributed by atoms with van der Waals surface area (Å²) in [6, 6.07) is 3.95. The first-order valence-electron chi connectivity index (χ1n) is 5.81. The van der Waals surface area contributed by atoms with Crippen LogP contribution in [-0.2, 0) is 0 Å². The van der Waals surface area contributed by atoms with E-state index in [0.717, 1.165) is 25.6 Å². The fourth-order valence-electron chi connectivity index (χ4n) is 2.13. The lowest BCUT2D eigenvalue weighted by Crippen LogP contribution is -2.25. The van der Waals surface area contributed by atoms with Crippen LogP contribution in [0, 0.1) is 17.6 Å². The quantitative estimate of drug-likeness (QED) is 0.475. The molecule has 1 unspecified atom stereocenters. The average Bonchev–Trinajstić information content (AvgIpc) is 2.79. The van der Waals surface area contributed by atoms with Crippen molar-refractivity contribution >= 4 is 35.6 Å². The number of hydrogen-bond donors (Lipinski definition) is 2. The van der Waals surface area contributed by atoms with Gasteiger partial charge in [-0.3, -0.25) is 4.99 Å². The third kappa shape index (κ3) is 4.19. The molecule has 0 radical (unpaired) electrons. The van der Waals surface area contributed by atoms with Gasteiger partial charge in [-0.1, -0.05) is 0 Å². The summed E-state index contributed by atoms with van der Waals surface area (Å²) in [5.74, 6) is -1.21. The van der Waals surface area contributed by atoms with Gasteiger partial charge in [0.05, 0.1) is 0 Å². The minimum Gasteiger partial charge on any atom is -0.371 e. The first-order chi connectivity index (χ1) is 8.56. The van der Waals surface area contributed by atoms with Crippen LogP contribution in [-0.4, -0.2) is 25.6 Å². The van der Waals surface area contributed by atoms with Crippen LogP contribution in [0.3, 0.4) is 0 Å². The lowest BCUT2D eigenvalue weighted by Gasteiger charge is -2.18. The minimum absolute atomic E-state index is 0. The van der Waals surface area contributed by atoms with Gasteiger partial charge >= 0.3 is 0 Å². The Balaban J connectivity index is 0.00000180. The van der Waals surface area contributed by atoms with Crippen molar-refractivity contribution in [1.29, 1.82) is 0 Å². The molecular formula is C12H17F2IN4. The molecule has 0 aliphatic carbocycles. The summed E-state index contributed by atoms with van der Waals surface area (Å²) >= 11 is 0. The number of rotatable bonds is 3. The lowest BCUT2D eigenvalue weighted by atomic mass is 10.1. The molecule has 0 bridgehead atoms. The second-order valence-electron chi connectivity index (χ2n) is 4.46. The summed E-state index contributed by atoms with van der Waals surface area (Å²) in [6.45, 7) is 2.13. The first kappa shape index (κ1) is 15.9. The van der Waals surface area contributed by atoms with Crippen LogP contribution in [0.5, 0.6) is 0 Å². The molecule has 1 heterocycles. The molecule has 1 aliphatic heterocycles. The van der Waals surface area contributed by atoms with Crippen molar-refractivity contribution in [2.75, 3.05) is 24.5 Å². The molecule has 1 aromatic carbocycles. The molecule has 1 fully saturated rings. The molecule has 106 valence electrons. The van der Waals surface area contributed by atoms with Gasteiger partial charge in [0.15, 0.2) is 17.6 Å². The van der Waals surface area contributed by atoms with Gasteiger partial charge in [-0.25, -0.2) is 8.78 Å². The molecule has 0 saturated carbocycles. The Morgan fingerprint density at radius 1 is 1.32 bits per heavy atom. The van der Waals surface area contributed by atoms with E-state index in [2.05, 4.69) is 4.99 Å². The predicted molar refractivity (Wildman–Crippen MR) is 82.8 cm³/mol. The molecule has 4 N–H and O–H groups in total. The molecule has 1 saturated heterocycles. The molecule has 1 aromatic rings. The minimum atomic E-state index is -0.824. The van der Waals surface area contributed by atoms with Gasteiger partial charge in [0.25, 0.3) is 0 Å². The third-order valence-electron chi connectivity index (χ3n) is 3.09. The Morgan fingerprint density at radius 2 is 2.05 bits per heavy atom. The van der Waals surface area contributed by atoms with Gasteiger partial charge in [0.2, 0.25) is 0 Å². The Bertz CT molecular complexity index is 463. The summed E-state index contributed by atoms with van der Waals surface area (Å²) in [7, 11) is 0. The zero-order valence-electron chi connectivity index (χ0n) is 10.4. The second-order valence-corrected chi connectivity index (χ2v) is 4.46. The largest absolute Gasteiger partial charge is 0.371 e. The molecule has 1 aliphatic rings. The SMILES string of the molecule is I.NC(N)=NCC1CCN(c2ccc(F)c(F)c2)C1. The van der Waals surface area contributed by atoms with E-state index in [1.54, 1.807) is 6.07 Å². The highest BCUT2D eigenvalue weighted by molar-refractivity contribution is 14.0. The van der Waals surface area contributed by atoms with Crippen LogP contribution >= 0.6 is 24.0 Å². The molecule has 0 amide bonds. The predicted octanol–water partition coefficient (Wildman–Crippen LogP) is 1.68. The summed E-state index contributed by atoms with van der Waals surface area (Å²) in [5, 5.41) is 0. The summed E-state index contributed by atoms with van der Waals surface area (Å²) in [6.07, 6.45) is 0.940. The van der Waals surface area contributed by atoms with E-state index < -0.39 is 11.6 Å². The molecule has 0 aromatic heterocycles. The van der Waals surface area contributed by atoms with E-state index in [4.69, 9.17) is 11.5 Å². The fourth-order valence-corrected chi connectivity index (χ4v) is 2.13. The topological polar surface area (TPSA) is 67.6 Å². The van der Waals surface area contributed by atoms with Crippen LogP contribution in [0.25, 0.3) is 0 Å². The number of anilines is 1. The maximum Gasteiger partial charge on any atom is 0.185 e. The number of nitrogens with zero attached hydrogens (tertiary/aromatic N) is 2. The number of guanidine groups is 1. The average molecular weight is 382 g/mol. The number of nitrogens with two attached hydrogens (primary N) is 2. The Hall–Kier alpha value is -1.12. The van der Waals surface area contributed by atoms with E-state index in [1.165, 1.54) is 6.07 Å². The van der Waals surface area contributed by atoms with Gasteiger partial charge in [0.1, 0.15) is 0 Å². The molecule has 1 atom stereocenters. The van der Waals surface area contributed by atoms with E-state index in [9.17, 15) is 8.78 Å². The van der Waals surface area contributed by atoms with Gasteiger partial charge in [-0.15, -0.1) is 24.0 Å². The molecule has 2 rings (SSSR count). The normalized spacial score (nSPS) is 18.0. The van der Waals surface area contributed by atoms with Crippen LogP contribution < -0.4 is 16.4 Å². The maximum absolute atomic E-state index is 13.1. The fraction of sp³-hybridized carbons (Fsp3) is 0.417. The van der Waals surface area contributed by atoms with Crippen molar-refractivity contribution in [3.05, 3.63) is 29.8 Å². The zero-order chi connectivity index (χ0) is 13.1. The number of halogens is 3. The van der Waals surface area contributed by atoms with Gasteiger partial charge in [0, 0.05) is 31.4 Å². The van der Waals surface area contributed by atoms with Crippen LogP contribution in [0.15, 0.2) is 23.2 Å². The molecule has 19 heavy (non-hydrogen) atoms. The Labute approximate surface area is 127 Å². The van der Waals surface area contributed by atoms with Crippen molar-refractivity contribution in [3.63, 3.8) is 0 Å². The zero-order valence-corrected chi connectivity index (χ0v) is 12.7. The number of hydrogen-bond acceptors (Lipinski definition) is 2. The Morgan fingerprint density at radius 3 is 2.68 bits per heavy atom. The van der Waals surface area contributed by atoms with E-state index in [-0.39, 0.29) is 29.9 Å². The van der Waals surface area contributed by atoms with Crippen molar-refractivity contribution in [2.45, 2.75) is 6.42 Å². The summed E-state index contributed by atoms with van der Waals surface area (Å²) < 4.78 is 26.0. The molecule has 4 nitrogen and oxygen atoms in total. The van der Waals surface area contributed by atoms with Gasteiger partial charge in [-0.2, -0.15) is 0 Å². The van der Waals surface area contributed by atoms with E-state index in [1.807, 2.05) is 4.90 Å². The lowest BCUT2D eigenvalue weighted by molar-refractivity contribution is 0.508. The second kappa shape index (κ2) is 6.88. The third-order valence-corrected chi connectivity index (χ3v) is 3.09. The molecule has 0 spiro atoms. The van der Waals surface area contributed by atoms with Gasteiger partial charge in [-0.05, 0) is 24.5 Å². The molecular weight excluding hydrogens is 365 g/mol. The summed E-state index contributed by atoms with van der Waals surface area (Å²) in [5.41, 5.74) is 11.2. The monoisotopic (exact) mass is 382 g/mol. The van der Waals surface area contributed by atoms with Crippen molar-refractivity contribution in [2.24, 2.45) is 22.4 Å².